The lowest BCUT2D eigenvalue weighted by Crippen LogP contribution is -2.47. The van der Waals surface area contributed by atoms with Crippen LogP contribution in [-0.2, 0) is 0 Å². The fraction of sp³-hybridized carbons (Fsp3) is 0.533. The van der Waals surface area contributed by atoms with Gasteiger partial charge >= 0.3 is 0 Å². The Kier molecular flexibility index (Phi) is 3.51. The lowest BCUT2D eigenvalue weighted by Gasteiger charge is -2.37. The number of fused-ring (bicyclic) bond motifs is 2. The van der Waals surface area contributed by atoms with Crippen LogP contribution in [0.4, 0.5) is 5.69 Å². The number of piperidine rings is 1. The lowest BCUT2D eigenvalue weighted by molar-refractivity contribution is 0.355. The van der Waals surface area contributed by atoms with Gasteiger partial charge in [-0.3, -0.25) is 0 Å². The van der Waals surface area contributed by atoms with E-state index in [0.29, 0.717) is 23.7 Å². The van der Waals surface area contributed by atoms with Crippen LogP contribution in [0.3, 0.4) is 0 Å². The summed E-state index contributed by atoms with van der Waals surface area (Å²) in [5, 5.41) is 12.7. The van der Waals surface area contributed by atoms with Gasteiger partial charge in [-0.15, -0.1) is 0 Å². The Balaban J connectivity index is 1.82. The first-order chi connectivity index (χ1) is 9.15. The monoisotopic (exact) mass is 319 g/mol. The van der Waals surface area contributed by atoms with Crippen molar-refractivity contribution in [1.29, 1.82) is 5.26 Å². The number of nitrogens with zero attached hydrogens (tertiary/aromatic N) is 2. The molecule has 2 unspecified atom stereocenters. The van der Waals surface area contributed by atoms with E-state index in [-0.39, 0.29) is 0 Å². The van der Waals surface area contributed by atoms with Crippen molar-refractivity contribution >= 4 is 21.6 Å². The number of hydrogen-bond acceptors (Lipinski definition) is 3. The maximum atomic E-state index is 9.07. The molecule has 4 heteroatoms. The molecule has 19 heavy (non-hydrogen) atoms. The fourth-order valence-electron chi connectivity index (χ4n) is 3.40. The molecule has 2 fully saturated rings. The highest BCUT2D eigenvalue weighted by atomic mass is 79.9. The summed E-state index contributed by atoms with van der Waals surface area (Å²) in [5.41, 5.74) is 1.85. The molecular weight excluding hydrogens is 302 g/mol. The topological polar surface area (TPSA) is 39.1 Å². The smallest absolute Gasteiger partial charge is 0.0992 e. The van der Waals surface area contributed by atoms with Crippen LogP contribution in [0.1, 0.15) is 31.2 Å². The van der Waals surface area contributed by atoms with E-state index in [0.717, 1.165) is 10.2 Å². The Morgan fingerprint density at radius 2 is 1.95 bits per heavy atom. The second-order valence-electron chi connectivity index (χ2n) is 5.68. The Bertz CT molecular complexity index is 511. The standard InChI is InChI=1S/C15H18BrN3/c1-19(14-5-10(9-17)4-11(16)6-14)15-7-12-2-3-13(8-15)18-12/h4-6,12-13,15,18H,2-3,7-8H2,1H3. The molecule has 1 aromatic rings. The molecule has 2 aliphatic rings. The zero-order chi connectivity index (χ0) is 13.4. The van der Waals surface area contributed by atoms with Crippen molar-refractivity contribution in [2.45, 2.75) is 43.8 Å². The molecule has 0 aromatic heterocycles. The van der Waals surface area contributed by atoms with Gasteiger partial charge in [0.15, 0.2) is 0 Å². The Morgan fingerprint density at radius 1 is 1.26 bits per heavy atom. The third kappa shape index (κ3) is 2.63. The van der Waals surface area contributed by atoms with Crippen LogP contribution in [-0.4, -0.2) is 25.2 Å². The number of rotatable bonds is 2. The van der Waals surface area contributed by atoms with Crippen LogP contribution in [0.2, 0.25) is 0 Å². The van der Waals surface area contributed by atoms with Crippen LogP contribution in [0.5, 0.6) is 0 Å². The summed E-state index contributed by atoms with van der Waals surface area (Å²) in [4.78, 5) is 2.34. The van der Waals surface area contributed by atoms with Gasteiger partial charge < -0.3 is 10.2 Å². The predicted molar refractivity (Wildman–Crippen MR) is 80.2 cm³/mol. The molecule has 2 heterocycles. The van der Waals surface area contributed by atoms with Crippen molar-refractivity contribution in [3.8, 4) is 6.07 Å². The van der Waals surface area contributed by atoms with E-state index in [1.165, 1.54) is 25.7 Å². The quantitative estimate of drug-likeness (QED) is 0.910. The Labute approximate surface area is 122 Å². The van der Waals surface area contributed by atoms with Crippen LogP contribution in [0, 0.1) is 11.3 Å². The summed E-state index contributed by atoms with van der Waals surface area (Å²) in [7, 11) is 2.15. The number of hydrogen-bond donors (Lipinski definition) is 1. The summed E-state index contributed by atoms with van der Waals surface area (Å²) >= 11 is 3.49. The maximum absolute atomic E-state index is 9.07. The summed E-state index contributed by atoms with van der Waals surface area (Å²) in [6, 6.07) is 10.1. The predicted octanol–water partition coefficient (Wildman–Crippen LogP) is 3.04. The van der Waals surface area contributed by atoms with E-state index in [9.17, 15) is 0 Å². The second-order valence-corrected chi connectivity index (χ2v) is 6.60. The van der Waals surface area contributed by atoms with Gasteiger partial charge in [-0.05, 0) is 43.9 Å². The molecule has 2 saturated heterocycles. The zero-order valence-corrected chi connectivity index (χ0v) is 12.7. The van der Waals surface area contributed by atoms with Crippen LogP contribution in [0.25, 0.3) is 0 Å². The highest BCUT2D eigenvalue weighted by Crippen LogP contribution is 2.32. The van der Waals surface area contributed by atoms with Crippen LogP contribution >= 0.6 is 15.9 Å². The molecule has 3 rings (SSSR count). The lowest BCUT2D eigenvalue weighted by atomic mass is 9.98. The number of benzene rings is 1. The highest BCUT2D eigenvalue weighted by molar-refractivity contribution is 9.10. The van der Waals surface area contributed by atoms with Crippen molar-refractivity contribution < 1.29 is 0 Å². The van der Waals surface area contributed by atoms with Crippen LogP contribution in [0.15, 0.2) is 22.7 Å². The molecule has 2 atom stereocenters. The molecule has 0 aliphatic carbocycles. The maximum Gasteiger partial charge on any atom is 0.0992 e. The third-order valence-electron chi connectivity index (χ3n) is 4.41. The van der Waals surface area contributed by atoms with Crippen molar-refractivity contribution in [2.75, 3.05) is 11.9 Å². The molecule has 2 bridgehead atoms. The molecule has 1 N–H and O–H groups in total. The minimum atomic E-state index is 0.583. The molecule has 0 saturated carbocycles. The van der Waals surface area contributed by atoms with Gasteiger partial charge in [0.1, 0.15) is 0 Å². The molecule has 0 spiro atoms. The van der Waals surface area contributed by atoms with Crippen LogP contribution < -0.4 is 10.2 Å². The number of nitriles is 1. The van der Waals surface area contributed by atoms with Gasteiger partial charge in [-0.2, -0.15) is 5.26 Å². The largest absolute Gasteiger partial charge is 0.371 e. The molecule has 3 nitrogen and oxygen atoms in total. The van der Waals surface area contributed by atoms with Crippen molar-refractivity contribution in [3.05, 3.63) is 28.2 Å². The molecule has 0 amide bonds. The van der Waals surface area contributed by atoms with Gasteiger partial charge in [-0.25, -0.2) is 0 Å². The molecule has 0 radical (unpaired) electrons. The number of anilines is 1. The van der Waals surface area contributed by atoms with Crippen molar-refractivity contribution in [3.63, 3.8) is 0 Å². The molecule has 100 valence electrons. The second kappa shape index (κ2) is 5.15. The Hall–Kier alpha value is -1.05. The average molecular weight is 320 g/mol. The van der Waals surface area contributed by atoms with E-state index in [2.05, 4.69) is 45.3 Å². The minimum absolute atomic E-state index is 0.583. The fourth-order valence-corrected chi connectivity index (χ4v) is 3.88. The van der Waals surface area contributed by atoms with Gasteiger partial charge in [0, 0.05) is 35.3 Å². The van der Waals surface area contributed by atoms with Gasteiger partial charge in [0.05, 0.1) is 11.6 Å². The SMILES string of the molecule is CN(c1cc(Br)cc(C#N)c1)C1CC2CCC(C1)N2. The molecule has 2 aliphatic heterocycles. The first-order valence-electron chi connectivity index (χ1n) is 6.85. The highest BCUT2D eigenvalue weighted by Gasteiger charge is 2.35. The van der Waals surface area contributed by atoms with E-state index in [1.807, 2.05) is 12.1 Å². The van der Waals surface area contributed by atoms with E-state index >= 15 is 0 Å². The van der Waals surface area contributed by atoms with E-state index in [1.54, 1.807) is 0 Å². The average Bonchev–Trinajstić information content (AvgIpc) is 2.75. The summed E-state index contributed by atoms with van der Waals surface area (Å²) < 4.78 is 0.977. The first kappa shape index (κ1) is 13.0. The first-order valence-corrected chi connectivity index (χ1v) is 7.64. The number of nitrogens with one attached hydrogen (secondary N) is 1. The normalized spacial score (nSPS) is 29.0. The summed E-state index contributed by atoms with van der Waals surface area (Å²) in [6.45, 7) is 0. The Morgan fingerprint density at radius 3 is 2.58 bits per heavy atom. The van der Waals surface area contributed by atoms with Gasteiger partial charge in [0.25, 0.3) is 0 Å². The third-order valence-corrected chi connectivity index (χ3v) is 4.87. The minimum Gasteiger partial charge on any atom is -0.371 e. The zero-order valence-electron chi connectivity index (χ0n) is 11.1. The summed E-state index contributed by atoms with van der Waals surface area (Å²) in [6.07, 6.45) is 5.05. The summed E-state index contributed by atoms with van der Waals surface area (Å²) in [5.74, 6) is 0. The van der Waals surface area contributed by atoms with Gasteiger partial charge in [-0.1, -0.05) is 15.9 Å². The number of halogens is 1. The van der Waals surface area contributed by atoms with E-state index < -0.39 is 0 Å². The molecule has 1 aromatic carbocycles. The van der Waals surface area contributed by atoms with Crippen molar-refractivity contribution in [2.24, 2.45) is 0 Å². The van der Waals surface area contributed by atoms with Gasteiger partial charge in [0.2, 0.25) is 0 Å². The molecular formula is C15H18BrN3. The van der Waals surface area contributed by atoms with E-state index in [4.69, 9.17) is 5.26 Å². The van der Waals surface area contributed by atoms with Crippen molar-refractivity contribution in [1.82, 2.24) is 5.32 Å².